The van der Waals surface area contributed by atoms with Gasteiger partial charge in [-0.05, 0) is 104 Å². The molecule has 1 unspecified atom stereocenters. The molecular formula is C53H64O16. The van der Waals surface area contributed by atoms with Gasteiger partial charge in [-0.25, -0.2) is 0 Å². The summed E-state index contributed by atoms with van der Waals surface area (Å²) in [5.74, 6) is 1.35. The quantitative estimate of drug-likeness (QED) is 0.0558. The third-order valence-electron chi connectivity index (χ3n) is 11.8. The van der Waals surface area contributed by atoms with E-state index in [1.54, 1.807) is 50.6 Å². The highest BCUT2D eigenvalue weighted by molar-refractivity contribution is 5.48. The molecule has 16 nitrogen and oxygen atoms in total. The SMILES string of the molecule is COc1cc([C@@H]2OC(C)(C)OC[C@H]2Oc2ccc([C@@H]3OC(C)(C)OC[C@H]3Oc3ccc([C@H](O)[C@@H](CO)Oc4ccc(C(O)CCO)cc4OC)cc3OC)cc2OC)ccc1OCc1ccccc1. The van der Waals surface area contributed by atoms with E-state index in [4.69, 9.17) is 56.8 Å². The first kappa shape index (κ1) is 51.0. The summed E-state index contributed by atoms with van der Waals surface area (Å²) in [6, 6.07) is 30.9. The molecule has 7 rings (SSSR count). The van der Waals surface area contributed by atoms with E-state index < -0.39 is 60.9 Å². The van der Waals surface area contributed by atoms with Crippen molar-refractivity contribution in [1.82, 2.24) is 0 Å². The normalized spacial score (nSPS) is 21.0. The molecule has 4 N–H and O–H groups in total. The molecule has 2 saturated heterocycles. The minimum atomic E-state index is -1.31. The summed E-state index contributed by atoms with van der Waals surface area (Å²) in [6.07, 6.45) is -5.67. The average Bonchev–Trinajstić information content (AvgIpc) is 3.36. The predicted molar refractivity (Wildman–Crippen MR) is 252 cm³/mol. The van der Waals surface area contributed by atoms with Gasteiger partial charge in [0.25, 0.3) is 0 Å². The molecule has 0 bridgehead atoms. The number of hydrogen-bond donors (Lipinski definition) is 4. The van der Waals surface area contributed by atoms with Crippen LogP contribution in [0.4, 0.5) is 0 Å². The Kier molecular flexibility index (Phi) is 16.8. The molecule has 16 heteroatoms. The van der Waals surface area contributed by atoms with Crippen LogP contribution >= 0.6 is 0 Å². The average molecular weight is 957 g/mol. The highest BCUT2D eigenvalue weighted by Gasteiger charge is 2.42. The van der Waals surface area contributed by atoms with Crippen LogP contribution < -0.4 is 37.9 Å². The Morgan fingerprint density at radius 3 is 1.59 bits per heavy atom. The van der Waals surface area contributed by atoms with Gasteiger partial charge in [-0.3, -0.25) is 0 Å². The molecule has 5 aromatic rings. The molecule has 0 saturated carbocycles. The Morgan fingerprint density at radius 2 is 1.04 bits per heavy atom. The van der Waals surface area contributed by atoms with Gasteiger partial charge in [-0.2, -0.15) is 0 Å². The number of ether oxygens (including phenoxy) is 12. The van der Waals surface area contributed by atoms with E-state index in [1.165, 1.54) is 14.2 Å². The third kappa shape index (κ3) is 12.5. The molecule has 2 fully saturated rings. The van der Waals surface area contributed by atoms with Gasteiger partial charge in [0.15, 0.2) is 75.9 Å². The first-order valence-corrected chi connectivity index (χ1v) is 22.8. The monoisotopic (exact) mass is 956 g/mol. The van der Waals surface area contributed by atoms with Gasteiger partial charge in [-0.15, -0.1) is 0 Å². The highest BCUT2D eigenvalue weighted by atomic mass is 16.7. The Balaban J connectivity index is 1.08. The van der Waals surface area contributed by atoms with Crippen molar-refractivity contribution in [2.24, 2.45) is 0 Å². The number of benzene rings is 5. The van der Waals surface area contributed by atoms with Gasteiger partial charge >= 0.3 is 0 Å². The summed E-state index contributed by atoms with van der Waals surface area (Å²) in [6.45, 7) is 7.39. The summed E-state index contributed by atoms with van der Waals surface area (Å²) < 4.78 is 73.6. The summed E-state index contributed by atoms with van der Waals surface area (Å²) in [7, 11) is 6.09. The minimum Gasteiger partial charge on any atom is -0.493 e. The Hall–Kier alpha value is -5.82. The standard InChI is InChI=1S/C53H64O16/c1-52(2)63-30-47(50(68-52)35-16-18-38(42(26-35)58-5)62-29-32-12-10-9-11-13-32)67-41-21-17-36(27-45(41)61-8)51-48(31-64-53(3,4)69-51)66-40-20-15-34(25-44(40)60-7)49(57)46(28-55)65-39-19-14-33(24-43(39)59-6)37(56)22-23-54/h9-21,24-27,37,46-51,54-57H,22-23,28-31H2,1-8H3/t37?,46-,47-,48-,49+,50+,51+/m1/s1. The second kappa shape index (κ2) is 22.7. The Labute approximate surface area is 403 Å². The van der Waals surface area contributed by atoms with Crippen molar-refractivity contribution in [1.29, 1.82) is 0 Å². The lowest BCUT2D eigenvalue weighted by Crippen LogP contribution is -2.46. The van der Waals surface area contributed by atoms with Crippen molar-refractivity contribution < 1.29 is 77.3 Å². The van der Waals surface area contributed by atoms with E-state index in [0.29, 0.717) is 52.2 Å². The van der Waals surface area contributed by atoms with E-state index in [1.807, 2.05) is 94.4 Å². The van der Waals surface area contributed by atoms with Crippen LogP contribution in [-0.4, -0.2) is 105 Å². The zero-order valence-corrected chi connectivity index (χ0v) is 40.3. The number of methoxy groups -OCH3 is 4. The molecule has 2 aliphatic heterocycles. The topological polar surface area (TPSA) is 192 Å². The van der Waals surface area contributed by atoms with Crippen molar-refractivity contribution in [2.45, 2.75) is 95.0 Å². The summed E-state index contributed by atoms with van der Waals surface area (Å²) >= 11 is 0. The molecule has 69 heavy (non-hydrogen) atoms. The number of rotatable bonds is 21. The van der Waals surface area contributed by atoms with Crippen LogP contribution in [0, 0.1) is 0 Å². The van der Waals surface area contributed by atoms with Crippen LogP contribution in [0.1, 0.15) is 86.3 Å². The third-order valence-corrected chi connectivity index (χ3v) is 11.8. The van der Waals surface area contributed by atoms with Crippen molar-refractivity contribution >= 4 is 0 Å². The van der Waals surface area contributed by atoms with Crippen LogP contribution in [0.15, 0.2) is 103 Å². The van der Waals surface area contributed by atoms with Gasteiger partial charge in [0.05, 0.1) is 54.4 Å². The van der Waals surface area contributed by atoms with E-state index in [9.17, 15) is 20.4 Å². The lowest BCUT2D eigenvalue weighted by molar-refractivity contribution is -0.303. The van der Waals surface area contributed by atoms with Crippen LogP contribution in [0.25, 0.3) is 0 Å². The maximum absolute atomic E-state index is 11.5. The molecule has 0 aromatic heterocycles. The Morgan fingerprint density at radius 1 is 0.565 bits per heavy atom. The molecule has 0 spiro atoms. The molecule has 0 amide bonds. The van der Waals surface area contributed by atoms with Crippen molar-refractivity contribution in [2.75, 3.05) is 54.9 Å². The van der Waals surface area contributed by atoms with Gasteiger partial charge in [0.1, 0.15) is 24.9 Å². The molecule has 2 aliphatic rings. The van der Waals surface area contributed by atoms with Gasteiger partial charge < -0.3 is 77.3 Å². The second-order valence-corrected chi connectivity index (χ2v) is 17.5. The molecule has 2 heterocycles. The lowest BCUT2D eigenvalue weighted by Gasteiger charge is -2.42. The molecular weight excluding hydrogens is 893 g/mol. The highest BCUT2D eigenvalue weighted by Crippen LogP contribution is 2.44. The summed E-state index contributed by atoms with van der Waals surface area (Å²) in [4.78, 5) is 0. The molecule has 5 aromatic carbocycles. The summed E-state index contributed by atoms with van der Waals surface area (Å²) in [5, 5.41) is 41.4. The van der Waals surface area contributed by atoms with E-state index in [2.05, 4.69) is 0 Å². The molecule has 372 valence electrons. The largest absolute Gasteiger partial charge is 0.493 e. The van der Waals surface area contributed by atoms with Gasteiger partial charge in [-0.1, -0.05) is 54.6 Å². The predicted octanol–water partition coefficient (Wildman–Crippen LogP) is 7.73. The fourth-order valence-electron chi connectivity index (χ4n) is 8.15. The van der Waals surface area contributed by atoms with Gasteiger partial charge in [0.2, 0.25) is 0 Å². The van der Waals surface area contributed by atoms with Crippen LogP contribution in [0.2, 0.25) is 0 Å². The molecule has 0 radical (unpaired) electrons. The maximum atomic E-state index is 11.5. The number of aliphatic hydroxyl groups is 4. The van der Waals surface area contributed by atoms with E-state index in [-0.39, 0.29) is 37.7 Å². The van der Waals surface area contributed by atoms with Crippen molar-refractivity contribution in [3.63, 3.8) is 0 Å². The first-order valence-electron chi connectivity index (χ1n) is 22.8. The summed E-state index contributed by atoms with van der Waals surface area (Å²) in [5.41, 5.74) is 3.47. The van der Waals surface area contributed by atoms with E-state index in [0.717, 1.165) is 16.7 Å². The van der Waals surface area contributed by atoms with E-state index >= 15 is 0 Å². The fourth-order valence-corrected chi connectivity index (χ4v) is 8.15. The first-order chi connectivity index (χ1) is 33.2. The maximum Gasteiger partial charge on any atom is 0.163 e. The van der Waals surface area contributed by atoms with Gasteiger partial charge in [0, 0.05) is 13.0 Å². The fraction of sp³-hybridized carbons (Fsp3) is 0.434. The van der Waals surface area contributed by atoms with Crippen LogP contribution in [0.5, 0.6) is 46.0 Å². The van der Waals surface area contributed by atoms with Crippen LogP contribution in [0.3, 0.4) is 0 Å². The Bertz CT molecular complexity index is 2440. The second-order valence-electron chi connectivity index (χ2n) is 17.5. The molecule has 0 aliphatic carbocycles. The minimum absolute atomic E-state index is 0.147. The number of aliphatic hydroxyl groups excluding tert-OH is 4. The zero-order valence-electron chi connectivity index (χ0n) is 40.3. The number of hydrogen-bond acceptors (Lipinski definition) is 16. The smallest absolute Gasteiger partial charge is 0.163 e. The van der Waals surface area contributed by atoms with Crippen molar-refractivity contribution in [3.05, 3.63) is 131 Å². The molecule has 7 atom stereocenters. The lowest BCUT2D eigenvalue weighted by atomic mass is 10.0. The zero-order chi connectivity index (χ0) is 49.3. The van der Waals surface area contributed by atoms with Crippen LogP contribution in [-0.2, 0) is 25.6 Å². The van der Waals surface area contributed by atoms with Crippen molar-refractivity contribution in [3.8, 4) is 46.0 Å².